The van der Waals surface area contributed by atoms with Crippen molar-refractivity contribution in [3.63, 3.8) is 0 Å². The molecule has 0 N–H and O–H groups in total. The topological polar surface area (TPSA) is 58.9 Å². The SMILES string of the molecule is COc1ccc([N+](=O)[O-])cc1CN1CCN(c2ccccc2F)CC1. The first-order valence-corrected chi connectivity index (χ1v) is 8.11. The minimum Gasteiger partial charge on any atom is -0.496 e. The van der Waals surface area contributed by atoms with Gasteiger partial charge in [-0.2, -0.15) is 0 Å². The summed E-state index contributed by atoms with van der Waals surface area (Å²) in [6, 6.07) is 11.4. The summed E-state index contributed by atoms with van der Waals surface area (Å²) in [7, 11) is 1.56. The van der Waals surface area contributed by atoms with Crippen molar-refractivity contribution in [2.45, 2.75) is 6.54 Å². The van der Waals surface area contributed by atoms with Gasteiger partial charge in [0.2, 0.25) is 0 Å². The van der Waals surface area contributed by atoms with E-state index in [-0.39, 0.29) is 11.5 Å². The van der Waals surface area contributed by atoms with Crippen molar-refractivity contribution in [1.82, 2.24) is 4.90 Å². The van der Waals surface area contributed by atoms with E-state index in [1.165, 1.54) is 12.1 Å². The Bertz CT molecular complexity index is 761. The fraction of sp³-hybridized carbons (Fsp3) is 0.333. The molecular formula is C18H20FN3O3. The van der Waals surface area contributed by atoms with Gasteiger partial charge in [0.25, 0.3) is 5.69 Å². The zero-order valence-corrected chi connectivity index (χ0v) is 14.0. The van der Waals surface area contributed by atoms with Crippen LogP contribution in [0.3, 0.4) is 0 Å². The molecule has 2 aromatic carbocycles. The van der Waals surface area contributed by atoms with Crippen LogP contribution in [0.4, 0.5) is 15.8 Å². The van der Waals surface area contributed by atoms with Gasteiger partial charge in [0, 0.05) is 50.4 Å². The maximum Gasteiger partial charge on any atom is 0.270 e. The quantitative estimate of drug-likeness (QED) is 0.616. The highest BCUT2D eigenvalue weighted by atomic mass is 19.1. The van der Waals surface area contributed by atoms with Crippen LogP contribution in [0.1, 0.15) is 5.56 Å². The predicted octanol–water partition coefficient (Wildman–Crippen LogP) is 3.06. The second-order valence-electron chi connectivity index (χ2n) is 5.97. The Labute approximate surface area is 145 Å². The predicted molar refractivity (Wildman–Crippen MR) is 93.5 cm³/mol. The van der Waals surface area contributed by atoms with Crippen LogP contribution in [0, 0.1) is 15.9 Å². The number of nitro groups is 1. The Hall–Kier alpha value is -2.67. The van der Waals surface area contributed by atoms with E-state index in [4.69, 9.17) is 4.74 Å². The molecule has 0 aromatic heterocycles. The summed E-state index contributed by atoms with van der Waals surface area (Å²) in [5, 5.41) is 11.0. The van der Waals surface area contributed by atoms with E-state index in [2.05, 4.69) is 4.90 Å². The second kappa shape index (κ2) is 7.48. The molecule has 0 amide bonds. The molecule has 1 fully saturated rings. The molecule has 1 heterocycles. The van der Waals surface area contributed by atoms with Gasteiger partial charge in [-0.25, -0.2) is 4.39 Å². The molecule has 0 spiro atoms. The third-order valence-corrected chi connectivity index (χ3v) is 4.43. The fourth-order valence-corrected chi connectivity index (χ4v) is 3.10. The van der Waals surface area contributed by atoms with Crippen molar-refractivity contribution >= 4 is 11.4 Å². The first-order valence-electron chi connectivity index (χ1n) is 8.11. The molecule has 1 saturated heterocycles. The average Bonchev–Trinajstić information content (AvgIpc) is 2.63. The van der Waals surface area contributed by atoms with Gasteiger partial charge in [-0.1, -0.05) is 12.1 Å². The lowest BCUT2D eigenvalue weighted by atomic mass is 10.1. The Morgan fingerprint density at radius 1 is 1.16 bits per heavy atom. The van der Waals surface area contributed by atoms with Crippen LogP contribution < -0.4 is 9.64 Å². The molecule has 1 aliphatic heterocycles. The molecule has 25 heavy (non-hydrogen) atoms. The number of benzene rings is 2. The van der Waals surface area contributed by atoms with Crippen molar-refractivity contribution in [1.29, 1.82) is 0 Å². The van der Waals surface area contributed by atoms with Gasteiger partial charge in [-0.3, -0.25) is 15.0 Å². The van der Waals surface area contributed by atoms with E-state index >= 15 is 0 Å². The maximum atomic E-state index is 13.9. The summed E-state index contributed by atoms with van der Waals surface area (Å²) < 4.78 is 19.2. The highest BCUT2D eigenvalue weighted by molar-refractivity contribution is 5.48. The Morgan fingerprint density at radius 3 is 2.52 bits per heavy atom. The van der Waals surface area contributed by atoms with Gasteiger partial charge in [0.15, 0.2) is 0 Å². The molecule has 1 aliphatic rings. The van der Waals surface area contributed by atoms with Crippen LogP contribution in [-0.4, -0.2) is 43.1 Å². The normalized spacial score (nSPS) is 15.2. The van der Waals surface area contributed by atoms with Gasteiger partial charge in [-0.05, 0) is 18.2 Å². The summed E-state index contributed by atoms with van der Waals surface area (Å²) in [6.07, 6.45) is 0. The van der Waals surface area contributed by atoms with Crippen LogP contribution in [-0.2, 0) is 6.54 Å². The number of nitro benzene ring substituents is 1. The lowest BCUT2D eigenvalue weighted by Gasteiger charge is -2.36. The minimum atomic E-state index is -0.404. The summed E-state index contributed by atoms with van der Waals surface area (Å²) in [5.74, 6) is 0.429. The molecular weight excluding hydrogens is 325 g/mol. The molecule has 2 aromatic rings. The maximum absolute atomic E-state index is 13.9. The minimum absolute atomic E-state index is 0.0563. The molecule has 132 valence electrons. The third kappa shape index (κ3) is 3.88. The highest BCUT2D eigenvalue weighted by Gasteiger charge is 2.21. The van der Waals surface area contributed by atoms with E-state index in [1.807, 2.05) is 11.0 Å². The molecule has 6 nitrogen and oxygen atoms in total. The van der Waals surface area contributed by atoms with E-state index in [0.29, 0.717) is 31.1 Å². The van der Waals surface area contributed by atoms with Gasteiger partial charge in [-0.15, -0.1) is 0 Å². The first kappa shape index (κ1) is 17.2. The molecule has 0 unspecified atom stereocenters. The third-order valence-electron chi connectivity index (χ3n) is 4.43. The Kier molecular flexibility index (Phi) is 5.14. The molecule has 0 atom stereocenters. The number of para-hydroxylation sites is 1. The van der Waals surface area contributed by atoms with Crippen LogP contribution in [0.15, 0.2) is 42.5 Å². The van der Waals surface area contributed by atoms with Crippen molar-refractivity contribution in [3.05, 3.63) is 64.0 Å². The first-order chi connectivity index (χ1) is 12.1. The highest BCUT2D eigenvalue weighted by Crippen LogP contribution is 2.26. The zero-order chi connectivity index (χ0) is 17.8. The number of methoxy groups -OCH3 is 1. The van der Waals surface area contributed by atoms with Gasteiger partial charge in [0.1, 0.15) is 11.6 Å². The standard InChI is InChI=1S/C18H20FN3O3/c1-25-18-7-6-15(22(23)24)12-14(18)13-20-8-10-21(11-9-20)17-5-3-2-4-16(17)19/h2-7,12H,8-11,13H2,1H3. The zero-order valence-electron chi connectivity index (χ0n) is 14.0. The molecule has 0 aliphatic carbocycles. The van der Waals surface area contributed by atoms with E-state index in [0.717, 1.165) is 18.7 Å². The number of halogens is 1. The summed E-state index contributed by atoms with van der Waals surface area (Å²) >= 11 is 0. The fourth-order valence-electron chi connectivity index (χ4n) is 3.10. The number of ether oxygens (including phenoxy) is 1. The van der Waals surface area contributed by atoms with Gasteiger partial charge < -0.3 is 9.64 Å². The summed E-state index contributed by atoms with van der Waals surface area (Å²) in [5.41, 5.74) is 1.46. The van der Waals surface area contributed by atoms with Crippen molar-refractivity contribution in [2.75, 3.05) is 38.2 Å². The molecule has 7 heteroatoms. The van der Waals surface area contributed by atoms with Crippen molar-refractivity contribution in [2.24, 2.45) is 0 Å². The van der Waals surface area contributed by atoms with Gasteiger partial charge in [0.05, 0.1) is 17.7 Å². The Morgan fingerprint density at radius 2 is 1.88 bits per heavy atom. The number of hydrogen-bond acceptors (Lipinski definition) is 5. The number of non-ortho nitro benzene ring substituents is 1. The number of anilines is 1. The van der Waals surface area contributed by atoms with E-state index in [9.17, 15) is 14.5 Å². The van der Waals surface area contributed by atoms with Crippen molar-refractivity contribution in [3.8, 4) is 5.75 Å². The molecule has 0 saturated carbocycles. The number of nitrogens with zero attached hydrogens (tertiary/aromatic N) is 3. The van der Waals surface area contributed by atoms with E-state index in [1.54, 1.807) is 31.4 Å². The molecule has 0 bridgehead atoms. The molecule has 0 radical (unpaired) electrons. The smallest absolute Gasteiger partial charge is 0.270 e. The average molecular weight is 345 g/mol. The number of piperazine rings is 1. The van der Waals surface area contributed by atoms with Gasteiger partial charge >= 0.3 is 0 Å². The van der Waals surface area contributed by atoms with E-state index < -0.39 is 4.92 Å². The summed E-state index contributed by atoms with van der Waals surface area (Å²) in [6.45, 7) is 3.48. The lowest BCUT2D eigenvalue weighted by Crippen LogP contribution is -2.46. The van der Waals surface area contributed by atoms with Crippen LogP contribution >= 0.6 is 0 Å². The lowest BCUT2D eigenvalue weighted by molar-refractivity contribution is -0.385. The number of hydrogen-bond donors (Lipinski definition) is 0. The van der Waals surface area contributed by atoms with Crippen LogP contribution in [0.25, 0.3) is 0 Å². The van der Waals surface area contributed by atoms with Crippen LogP contribution in [0.5, 0.6) is 5.75 Å². The summed E-state index contributed by atoms with van der Waals surface area (Å²) in [4.78, 5) is 14.8. The Balaban J connectivity index is 1.67. The van der Waals surface area contributed by atoms with Crippen LogP contribution in [0.2, 0.25) is 0 Å². The second-order valence-corrected chi connectivity index (χ2v) is 5.97. The monoisotopic (exact) mass is 345 g/mol. The largest absolute Gasteiger partial charge is 0.496 e. The number of rotatable bonds is 5. The molecule has 3 rings (SSSR count). The van der Waals surface area contributed by atoms with Crippen molar-refractivity contribution < 1.29 is 14.1 Å².